The summed E-state index contributed by atoms with van der Waals surface area (Å²) in [5.41, 5.74) is -0.639. The molecule has 56 valence electrons. The number of aromatic nitrogens is 2. The first-order valence-corrected chi connectivity index (χ1v) is 3.81. The summed E-state index contributed by atoms with van der Waals surface area (Å²) in [7, 11) is 0. The third-order valence-corrected chi connectivity index (χ3v) is 2.15. The van der Waals surface area contributed by atoms with Crippen LogP contribution in [-0.2, 0) is 0 Å². The Morgan fingerprint density at radius 3 is 3.27 bits per heavy atom. The molecule has 5 heteroatoms. The molecule has 4 nitrogen and oxygen atoms in total. The highest BCUT2D eigenvalue weighted by Gasteiger charge is 1.99. The number of rotatable bonds is 0. The minimum atomic E-state index is -0.639. The standard InChI is InChI=1S/C6H4N2O2S/c9-6-7-5-4(1-2-11-5)3-8(6)10/h1-3,10H. The summed E-state index contributed by atoms with van der Waals surface area (Å²) >= 11 is 1.37. The third-order valence-electron chi connectivity index (χ3n) is 1.33. The average molecular weight is 168 g/mol. The van der Waals surface area contributed by atoms with Gasteiger partial charge in [-0.05, 0) is 11.4 Å². The van der Waals surface area contributed by atoms with Crippen LogP contribution in [0.15, 0.2) is 22.4 Å². The van der Waals surface area contributed by atoms with E-state index >= 15 is 0 Å². The fourth-order valence-electron chi connectivity index (χ4n) is 0.825. The van der Waals surface area contributed by atoms with E-state index in [1.165, 1.54) is 17.5 Å². The fraction of sp³-hybridized carbons (Fsp3) is 0. The van der Waals surface area contributed by atoms with E-state index in [0.29, 0.717) is 9.56 Å². The van der Waals surface area contributed by atoms with Crippen LogP contribution < -0.4 is 5.69 Å². The Morgan fingerprint density at radius 1 is 1.64 bits per heavy atom. The van der Waals surface area contributed by atoms with Gasteiger partial charge in [-0.15, -0.1) is 16.1 Å². The first kappa shape index (κ1) is 6.36. The van der Waals surface area contributed by atoms with E-state index in [0.717, 1.165) is 5.39 Å². The average Bonchev–Trinajstić information content (AvgIpc) is 2.36. The highest BCUT2D eigenvalue weighted by Crippen LogP contribution is 2.14. The Balaban J connectivity index is 2.97. The second-order valence-corrected chi connectivity index (χ2v) is 2.94. The maximum absolute atomic E-state index is 10.7. The Bertz CT molecular complexity index is 445. The van der Waals surface area contributed by atoms with E-state index in [4.69, 9.17) is 5.21 Å². The molecule has 0 aliphatic rings. The van der Waals surface area contributed by atoms with E-state index in [1.54, 1.807) is 6.07 Å². The molecular formula is C6H4N2O2S. The van der Waals surface area contributed by atoms with Gasteiger partial charge in [0.15, 0.2) is 0 Å². The maximum Gasteiger partial charge on any atom is 0.381 e. The third kappa shape index (κ3) is 0.894. The van der Waals surface area contributed by atoms with Crippen LogP contribution in [0.5, 0.6) is 0 Å². The topological polar surface area (TPSA) is 55.1 Å². The lowest BCUT2D eigenvalue weighted by Crippen LogP contribution is -2.18. The molecule has 0 radical (unpaired) electrons. The second kappa shape index (κ2) is 2.06. The molecule has 0 amide bonds. The molecule has 0 aromatic carbocycles. The largest absolute Gasteiger partial charge is 0.424 e. The normalized spacial score (nSPS) is 10.5. The van der Waals surface area contributed by atoms with Gasteiger partial charge in [-0.25, -0.2) is 4.79 Å². The van der Waals surface area contributed by atoms with Gasteiger partial charge in [0.05, 0.1) is 6.20 Å². The predicted molar refractivity (Wildman–Crippen MR) is 41.1 cm³/mol. The van der Waals surface area contributed by atoms with Gasteiger partial charge in [0.2, 0.25) is 0 Å². The first-order chi connectivity index (χ1) is 5.27. The summed E-state index contributed by atoms with van der Waals surface area (Å²) in [5.74, 6) is 0. The molecule has 2 heterocycles. The summed E-state index contributed by atoms with van der Waals surface area (Å²) in [6.07, 6.45) is 1.35. The van der Waals surface area contributed by atoms with Crippen molar-refractivity contribution in [3.63, 3.8) is 0 Å². The molecule has 0 saturated carbocycles. The first-order valence-electron chi connectivity index (χ1n) is 2.93. The number of hydrogen-bond acceptors (Lipinski definition) is 4. The van der Waals surface area contributed by atoms with Gasteiger partial charge in [0, 0.05) is 5.39 Å². The Labute approximate surface area is 65.3 Å². The van der Waals surface area contributed by atoms with E-state index in [1.807, 2.05) is 5.38 Å². The molecule has 0 aliphatic carbocycles. The molecule has 1 N–H and O–H groups in total. The van der Waals surface area contributed by atoms with Crippen LogP contribution in [0.4, 0.5) is 0 Å². The SMILES string of the molecule is O=c1nc2sccc2cn1O. The lowest BCUT2D eigenvalue weighted by atomic mass is 10.4. The highest BCUT2D eigenvalue weighted by atomic mass is 32.1. The van der Waals surface area contributed by atoms with E-state index in [2.05, 4.69) is 4.98 Å². The van der Waals surface area contributed by atoms with Crippen molar-refractivity contribution in [3.8, 4) is 0 Å². The number of hydrogen-bond donors (Lipinski definition) is 1. The van der Waals surface area contributed by atoms with Gasteiger partial charge in [0.25, 0.3) is 0 Å². The molecule has 0 bridgehead atoms. The van der Waals surface area contributed by atoms with E-state index in [9.17, 15) is 4.79 Å². The van der Waals surface area contributed by atoms with Crippen LogP contribution in [-0.4, -0.2) is 14.9 Å². The van der Waals surface area contributed by atoms with Gasteiger partial charge in [-0.2, -0.15) is 4.98 Å². The summed E-state index contributed by atoms with van der Waals surface area (Å²) in [5, 5.41) is 11.5. The van der Waals surface area contributed by atoms with Gasteiger partial charge in [0.1, 0.15) is 4.83 Å². The molecule has 2 aromatic rings. The van der Waals surface area contributed by atoms with Crippen molar-refractivity contribution in [3.05, 3.63) is 28.1 Å². The number of nitrogens with zero attached hydrogens (tertiary/aromatic N) is 2. The van der Waals surface area contributed by atoms with Crippen LogP contribution in [0.2, 0.25) is 0 Å². The molecule has 0 saturated heterocycles. The summed E-state index contributed by atoms with van der Waals surface area (Å²) in [4.78, 5) is 15.0. The van der Waals surface area contributed by atoms with Gasteiger partial charge < -0.3 is 5.21 Å². The number of thiophene rings is 1. The highest BCUT2D eigenvalue weighted by molar-refractivity contribution is 7.16. The lowest BCUT2D eigenvalue weighted by molar-refractivity contribution is 0.172. The van der Waals surface area contributed by atoms with Crippen LogP contribution in [0.1, 0.15) is 0 Å². The Morgan fingerprint density at radius 2 is 2.45 bits per heavy atom. The lowest BCUT2D eigenvalue weighted by Gasteiger charge is -1.91. The summed E-state index contributed by atoms with van der Waals surface area (Å²) < 4.78 is 0.481. The van der Waals surface area contributed by atoms with Gasteiger partial charge in [-0.3, -0.25) is 0 Å². The molecule has 0 spiro atoms. The van der Waals surface area contributed by atoms with Gasteiger partial charge in [-0.1, -0.05) is 0 Å². The molecule has 0 fully saturated rings. The minimum absolute atomic E-state index is 0.481. The molecule has 2 rings (SSSR count). The fourth-order valence-corrected chi connectivity index (χ4v) is 1.56. The Kier molecular flexibility index (Phi) is 1.19. The van der Waals surface area contributed by atoms with Gasteiger partial charge >= 0.3 is 5.69 Å². The smallest absolute Gasteiger partial charge is 0.381 e. The van der Waals surface area contributed by atoms with Crippen LogP contribution in [0.3, 0.4) is 0 Å². The van der Waals surface area contributed by atoms with Crippen molar-refractivity contribution in [2.75, 3.05) is 0 Å². The summed E-state index contributed by atoms with van der Waals surface area (Å²) in [6, 6.07) is 1.79. The molecule has 0 atom stereocenters. The molecular weight excluding hydrogens is 164 g/mol. The molecule has 11 heavy (non-hydrogen) atoms. The van der Waals surface area contributed by atoms with Crippen molar-refractivity contribution >= 4 is 21.6 Å². The molecule has 0 unspecified atom stereocenters. The zero-order chi connectivity index (χ0) is 7.84. The number of fused-ring (bicyclic) bond motifs is 1. The molecule has 2 aromatic heterocycles. The van der Waals surface area contributed by atoms with Crippen LogP contribution in [0.25, 0.3) is 10.2 Å². The van der Waals surface area contributed by atoms with E-state index < -0.39 is 5.69 Å². The van der Waals surface area contributed by atoms with Crippen LogP contribution in [0, 0.1) is 0 Å². The zero-order valence-electron chi connectivity index (χ0n) is 5.39. The second-order valence-electron chi connectivity index (χ2n) is 2.05. The predicted octanol–water partition coefficient (Wildman–Crippen LogP) is 0.695. The summed E-state index contributed by atoms with van der Waals surface area (Å²) in [6.45, 7) is 0. The maximum atomic E-state index is 10.7. The van der Waals surface area contributed by atoms with Crippen molar-refractivity contribution in [2.45, 2.75) is 0 Å². The van der Waals surface area contributed by atoms with Crippen LogP contribution >= 0.6 is 11.3 Å². The monoisotopic (exact) mass is 168 g/mol. The zero-order valence-corrected chi connectivity index (χ0v) is 6.21. The van der Waals surface area contributed by atoms with Crippen molar-refractivity contribution in [1.82, 2.24) is 9.71 Å². The molecule has 0 aliphatic heterocycles. The van der Waals surface area contributed by atoms with Crippen molar-refractivity contribution < 1.29 is 5.21 Å². The minimum Gasteiger partial charge on any atom is -0.424 e. The quantitative estimate of drug-likeness (QED) is 0.589. The van der Waals surface area contributed by atoms with Crippen molar-refractivity contribution in [1.29, 1.82) is 0 Å². The Hall–Kier alpha value is -1.36. The van der Waals surface area contributed by atoms with Crippen molar-refractivity contribution in [2.24, 2.45) is 0 Å². The van der Waals surface area contributed by atoms with E-state index in [-0.39, 0.29) is 0 Å².